The first-order valence-electron chi connectivity index (χ1n) is 8.23. The first-order chi connectivity index (χ1) is 12.0. The average molecular weight is 379 g/mol. The molecule has 25 heavy (non-hydrogen) atoms. The third-order valence-corrected chi connectivity index (χ3v) is 5.76. The zero-order chi connectivity index (χ0) is 17.8. The molecule has 0 saturated carbocycles. The number of thioether (sulfide) groups is 1. The SMILES string of the molecule is Cc1ccc(Nc2nnc(SCC(=O)N3CC(C)OC(C)C3)s2)cc1. The van der Waals surface area contributed by atoms with Crippen LogP contribution in [0.1, 0.15) is 19.4 Å². The summed E-state index contributed by atoms with van der Waals surface area (Å²) in [6.07, 6.45) is 0.175. The lowest BCUT2D eigenvalue weighted by molar-refractivity contribution is -0.140. The number of benzene rings is 1. The molecule has 134 valence electrons. The smallest absolute Gasteiger partial charge is 0.233 e. The summed E-state index contributed by atoms with van der Waals surface area (Å²) in [5.74, 6) is 0.494. The molecule has 2 unspecified atom stereocenters. The van der Waals surface area contributed by atoms with Gasteiger partial charge in [-0.3, -0.25) is 4.79 Å². The highest BCUT2D eigenvalue weighted by Gasteiger charge is 2.25. The minimum atomic E-state index is 0.0875. The molecule has 2 atom stereocenters. The number of rotatable bonds is 5. The molecule has 6 nitrogen and oxygen atoms in total. The van der Waals surface area contributed by atoms with E-state index in [-0.39, 0.29) is 18.1 Å². The number of hydrogen-bond acceptors (Lipinski definition) is 7. The normalized spacial score (nSPS) is 20.5. The Balaban J connectivity index is 1.51. The predicted molar refractivity (Wildman–Crippen MR) is 102 cm³/mol. The molecule has 0 bridgehead atoms. The molecule has 2 heterocycles. The maximum Gasteiger partial charge on any atom is 0.233 e. The van der Waals surface area contributed by atoms with E-state index in [1.54, 1.807) is 0 Å². The average Bonchev–Trinajstić information content (AvgIpc) is 3.01. The Morgan fingerprint density at radius 1 is 1.28 bits per heavy atom. The van der Waals surface area contributed by atoms with Gasteiger partial charge in [-0.25, -0.2) is 0 Å². The van der Waals surface area contributed by atoms with Crippen molar-refractivity contribution in [2.45, 2.75) is 37.3 Å². The highest BCUT2D eigenvalue weighted by Crippen LogP contribution is 2.28. The molecule has 0 aliphatic carbocycles. The second-order valence-electron chi connectivity index (χ2n) is 6.21. The molecule has 1 aliphatic rings. The van der Waals surface area contributed by atoms with E-state index in [9.17, 15) is 4.79 Å². The standard InChI is InChI=1S/C17H22N4O2S2/c1-11-4-6-14(7-5-11)18-16-19-20-17(25-16)24-10-15(22)21-8-12(2)23-13(3)9-21/h4-7,12-13H,8-10H2,1-3H3,(H,18,19). The number of nitrogens with one attached hydrogen (secondary N) is 1. The first-order valence-corrected chi connectivity index (χ1v) is 10.0. The van der Waals surface area contributed by atoms with Gasteiger partial charge in [-0.15, -0.1) is 10.2 Å². The summed E-state index contributed by atoms with van der Waals surface area (Å²) in [5, 5.41) is 12.3. The molecule has 1 fully saturated rings. The van der Waals surface area contributed by atoms with Crippen LogP contribution in [0.3, 0.4) is 0 Å². The molecule has 0 radical (unpaired) electrons. The van der Waals surface area contributed by atoms with Crippen LogP contribution in [0.25, 0.3) is 0 Å². The summed E-state index contributed by atoms with van der Waals surface area (Å²) < 4.78 is 6.46. The lowest BCUT2D eigenvalue weighted by Crippen LogP contribution is -2.48. The summed E-state index contributed by atoms with van der Waals surface area (Å²) in [5.41, 5.74) is 2.19. The van der Waals surface area contributed by atoms with Gasteiger partial charge < -0.3 is 15.0 Å². The molecular formula is C17H22N4O2S2. The molecule has 1 N–H and O–H groups in total. The lowest BCUT2D eigenvalue weighted by atomic mass is 10.2. The Hall–Kier alpha value is -1.64. The third-order valence-electron chi connectivity index (χ3n) is 3.80. The van der Waals surface area contributed by atoms with Crippen molar-refractivity contribution in [3.8, 4) is 0 Å². The van der Waals surface area contributed by atoms with Gasteiger partial charge in [0.05, 0.1) is 18.0 Å². The fourth-order valence-corrected chi connectivity index (χ4v) is 4.35. The monoisotopic (exact) mass is 378 g/mol. The number of nitrogens with zero attached hydrogens (tertiary/aromatic N) is 3. The molecule has 3 rings (SSSR count). The molecule has 1 aliphatic heterocycles. The van der Waals surface area contributed by atoms with Gasteiger partial charge in [0, 0.05) is 18.8 Å². The van der Waals surface area contributed by atoms with Gasteiger partial charge in [-0.05, 0) is 32.9 Å². The van der Waals surface area contributed by atoms with E-state index in [1.807, 2.05) is 43.0 Å². The fourth-order valence-electron chi connectivity index (χ4n) is 2.68. The molecule has 8 heteroatoms. The van der Waals surface area contributed by atoms with Crippen LogP contribution in [-0.4, -0.2) is 52.1 Å². The second-order valence-corrected chi connectivity index (χ2v) is 8.41. The van der Waals surface area contributed by atoms with Gasteiger partial charge in [0.1, 0.15) is 0 Å². The summed E-state index contributed by atoms with van der Waals surface area (Å²) in [6.45, 7) is 7.35. The van der Waals surface area contributed by atoms with Crippen molar-refractivity contribution >= 4 is 39.8 Å². The lowest BCUT2D eigenvalue weighted by Gasteiger charge is -2.35. The number of ether oxygens (including phenoxy) is 1. The Kier molecular flexibility index (Phi) is 5.93. The van der Waals surface area contributed by atoms with Crippen LogP contribution < -0.4 is 5.32 Å². The van der Waals surface area contributed by atoms with Crippen molar-refractivity contribution in [3.05, 3.63) is 29.8 Å². The maximum absolute atomic E-state index is 12.4. The summed E-state index contributed by atoms with van der Waals surface area (Å²) in [7, 11) is 0. The predicted octanol–water partition coefficient (Wildman–Crippen LogP) is 3.32. The number of carbonyl (C=O) groups excluding carboxylic acids is 1. The van der Waals surface area contributed by atoms with Crippen molar-refractivity contribution < 1.29 is 9.53 Å². The number of anilines is 2. The summed E-state index contributed by atoms with van der Waals surface area (Å²) >= 11 is 2.89. The minimum absolute atomic E-state index is 0.0875. The zero-order valence-electron chi connectivity index (χ0n) is 14.6. The topological polar surface area (TPSA) is 67.4 Å². The van der Waals surface area contributed by atoms with Crippen LogP contribution in [0.5, 0.6) is 0 Å². The minimum Gasteiger partial charge on any atom is -0.372 e. The van der Waals surface area contributed by atoms with E-state index in [1.165, 1.54) is 28.7 Å². The van der Waals surface area contributed by atoms with Crippen molar-refractivity contribution in [1.82, 2.24) is 15.1 Å². The fraction of sp³-hybridized carbons (Fsp3) is 0.471. The molecule has 2 aromatic rings. The van der Waals surface area contributed by atoms with E-state index in [0.29, 0.717) is 18.8 Å². The highest BCUT2D eigenvalue weighted by molar-refractivity contribution is 8.01. The number of morpholine rings is 1. The van der Waals surface area contributed by atoms with E-state index < -0.39 is 0 Å². The zero-order valence-corrected chi connectivity index (χ0v) is 16.2. The van der Waals surface area contributed by atoms with Crippen LogP contribution in [0, 0.1) is 6.92 Å². The van der Waals surface area contributed by atoms with Gasteiger partial charge in [0.15, 0.2) is 4.34 Å². The quantitative estimate of drug-likeness (QED) is 0.805. The van der Waals surface area contributed by atoms with Gasteiger partial charge in [-0.2, -0.15) is 0 Å². The molecule has 1 aromatic heterocycles. The van der Waals surface area contributed by atoms with Crippen molar-refractivity contribution in [3.63, 3.8) is 0 Å². The van der Waals surface area contributed by atoms with Gasteiger partial charge in [-0.1, -0.05) is 40.8 Å². The van der Waals surface area contributed by atoms with Crippen molar-refractivity contribution in [2.24, 2.45) is 0 Å². The summed E-state index contributed by atoms with van der Waals surface area (Å²) in [6, 6.07) is 8.10. The molecule has 1 amide bonds. The number of carbonyl (C=O) groups is 1. The molecular weight excluding hydrogens is 356 g/mol. The van der Waals surface area contributed by atoms with Crippen molar-refractivity contribution in [2.75, 3.05) is 24.2 Å². The van der Waals surface area contributed by atoms with Crippen LogP contribution in [0.2, 0.25) is 0 Å². The molecule has 1 aromatic carbocycles. The Bertz CT molecular complexity index is 710. The molecule has 0 spiro atoms. The largest absolute Gasteiger partial charge is 0.372 e. The van der Waals surface area contributed by atoms with Crippen LogP contribution in [0.15, 0.2) is 28.6 Å². The second kappa shape index (κ2) is 8.16. The van der Waals surface area contributed by atoms with Gasteiger partial charge in [0.25, 0.3) is 0 Å². The highest BCUT2D eigenvalue weighted by atomic mass is 32.2. The Labute approximate surface area is 156 Å². The third kappa shape index (κ3) is 5.17. The summed E-state index contributed by atoms with van der Waals surface area (Å²) in [4.78, 5) is 14.3. The number of hydrogen-bond donors (Lipinski definition) is 1. The van der Waals surface area contributed by atoms with Gasteiger partial charge in [0.2, 0.25) is 11.0 Å². The van der Waals surface area contributed by atoms with E-state index in [2.05, 4.69) is 22.4 Å². The van der Waals surface area contributed by atoms with Crippen LogP contribution >= 0.6 is 23.1 Å². The van der Waals surface area contributed by atoms with Crippen LogP contribution in [0.4, 0.5) is 10.8 Å². The Morgan fingerprint density at radius 2 is 1.96 bits per heavy atom. The van der Waals surface area contributed by atoms with E-state index in [4.69, 9.17) is 4.74 Å². The number of aryl methyl sites for hydroxylation is 1. The van der Waals surface area contributed by atoms with Gasteiger partial charge >= 0.3 is 0 Å². The maximum atomic E-state index is 12.4. The van der Waals surface area contributed by atoms with Crippen LogP contribution in [-0.2, 0) is 9.53 Å². The molecule has 1 saturated heterocycles. The number of aromatic nitrogens is 2. The Morgan fingerprint density at radius 3 is 2.64 bits per heavy atom. The van der Waals surface area contributed by atoms with Crippen molar-refractivity contribution in [1.29, 1.82) is 0 Å². The number of amides is 1. The van der Waals surface area contributed by atoms with E-state index >= 15 is 0 Å². The van der Waals surface area contributed by atoms with E-state index in [0.717, 1.165) is 15.2 Å². The first kappa shape index (κ1) is 18.2.